The first-order valence-corrected chi connectivity index (χ1v) is 7.76. The Morgan fingerprint density at radius 3 is 2.91 bits per heavy atom. The van der Waals surface area contributed by atoms with E-state index in [4.69, 9.17) is 4.74 Å². The third kappa shape index (κ3) is 2.57. The van der Waals surface area contributed by atoms with Crippen LogP contribution >= 0.6 is 11.3 Å². The number of hydrogen-bond donors (Lipinski definition) is 1. The normalized spacial score (nSPS) is 17.5. The lowest BCUT2D eigenvalue weighted by Gasteiger charge is -2.18. The third-order valence-electron chi connectivity index (χ3n) is 3.62. The van der Waals surface area contributed by atoms with Gasteiger partial charge in [-0.3, -0.25) is 4.79 Å². The van der Waals surface area contributed by atoms with E-state index in [9.17, 15) is 9.90 Å². The highest BCUT2D eigenvalue weighted by atomic mass is 32.1. The van der Waals surface area contributed by atoms with Crippen molar-refractivity contribution in [2.75, 3.05) is 7.11 Å². The Morgan fingerprint density at radius 1 is 1.45 bits per heavy atom. The number of hydrogen-bond acceptors (Lipinski definition) is 5. The summed E-state index contributed by atoms with van der Waals surface area (Å²) in [5.74, 6) is 0.399. The molecule has 1 N–H and O–H groups in total. The SMILES string of the molecule is COc1cc(C2=NN(C(C)=O)C(c3cccs3)C2)ccc1O. The molecular formula is C16H16N2O3S. The fraction of sp³-hybridized carbons (Fsp3) is 0.250. The van der Waals surface area contributed by atoms with Gasteiger partial charge in [-0.15, -0.1) is 11.3 Å². The minimum Gasteiger partial charge on any atom is -0.504 e. The molecule has 0 saturated carbocycles. The summed E-state index contributed by atoms with van der Waals surface area (Å²) in [6.45, 7) is 1.52. The zero-order valence-electron chi connectivity index (χ0n) is 12.3. The molecule has 0 aliphatic carbocycles. The fourth-order valence-corrected chi connectivity index (χ4v) is 3.35. The van der Waals surface area contributed by atoms with E-state index < -0.39 is 0 Å². The van der Waals surface area contributed by atoms with E-state index in [0.717, 1.165) is 16.2 Å². The van der Waals surface area contributed by atoms with Crippen molar-refractivity contribution in [3.63, 3.8) is 0 Å². The Morgan fingerprint density at radius 2 is 2.27 bits per heavy atom. The van der Waals surface area contributed by atoms with Crippen molar-refractivity contribution >= 4 is 23.0 Å². The van der Waals surface area contributed by atoms with E-state index in [-0.39, 0.29) is 17.7 Å². The summed E-state index contributed by atoms with van der Waals surface area (Å²) in [7, 11) is 1.51. The Kier molecular flexibility index (Phi) is 3.85. The second-order valence-corrected chi connectivity index (χ2v) is 6.01. The molecule has 0 saturated heterocycles. The van der Waals surface area contributed by atoms with Crippen LogP contribution in [0.4, 0.5) is 0 Å². The van der Waals surface area contributed by atoms with E-state index in [2.05, 4.69) is 5.10 Å². The molecule has 3 rings (SSSR count). The smallest absolute Gasteiger partial charge is 0.240 e. The van der Waals surface area contributed by atoms with Crippen LogP contribution in [0.3, 0.4) is 0 Å². The minimum absolute atomic E-state index is 0.0627. The molecule has 114 valence electrons. The summed E-state index contributed by atoms with van der Waals surface area (Å²) in [4.78, 5) is 13.0. The first-order valence-electron chi connectivity index (χ1n) is 6.88. The molecule has 1 aliphatic heterocycles. The van der Waals surface area contributed by atoms with Crippen LogP contribution in [-0.2, 0) is 4.79 Å². The summed E-state index contributed by atoms with van der Waals surface area (Å²) >= 11 is 1.62. The van der Waals surface area contributed by atoms with Crippen LogP contribution in [-0.4, -0.2) is 28.8 Å². The zero-order chi connectivity index (χ0) is 15.7. The number of hydrazone groups is 1. The summed E-state index contributed by atoms with van der Waals surface area (Å²) in [5, 5.41) is 17.7. The van der Waals surface area contributed by atoms with Gasteiger partial charge in [0.05, 0.1) is 18.9 Å². The lowest BCUT2D eigenvalue weighted by Crippen LogP contribution is -2.23. The number of methoxy groups -OCH3 is 1. The molecular weight excluding hydrogens is 300 g/mol. The Bertz CT molecular complexity index is 725. The quantitative estimate of drug-likeness (QED) is 0.946. The number of benzene rings is 1. The Labute approximate surface area is 132 Å². The second kappa shape index (κ2) is 5.81. The Balaban J connectivity index is 1.95. The number of amides is 1. The highest BCUT2D eigenvalue weighted by molar-refractivity contribution is 7.10. The summed E-state index contributed by atoms with van der Waals surface area (Å²) in [6, 6.07) is 9.02. The molecule has 2 heterocycles. The molecule has 1 amide bonds. The first kappa shape index (κ1) is 14.6. The van der Waals surface area contributed by atoms with Crippen LogP contribution in [0, 0.1) is 0 Å². The number of ether oxygens (including phenoxy) is 1. The van der Waals surface area contributed by atoms with Gasteiger partial charge in [0.15, 0.2) is 11.5 Å². The molecule has 1 aliphatic rings. The number of phenolic OH excluding ortho intramolecular Hbond substituents is 1. The maximum atomic E-state index is 11.9. The molecule has 1 aromatic heterocycles. The highest BCUT2D eigenvalue weighted by Gasteiger charge is 2.32. The van der Waals surface area contributed by atoms with Crippen LogP contribution in [0.15, 0.2) is 40.8 Å². The van der Waals surface area contributed by atoms with Gasteiger partial charge in [-0.25, -0.2) is 5.01 Å². The number of carbonyl (C=O) groups is 1. The van der Waals surface area contributed by atoms with E-state index in [1.807, 2.05) is 17.5 Å². The number of thiophene rings is 1. The van der Waals surface area contributed by atoms with Crippen LogP contribution in [0.25, 0.3) is 0 Å². The lowest BCUT2D eigenvalue weighted by atomic mass is 10.0. The molecule has 5 nitrogen and oxygen atoms in total. The lowest BCUT2D eigenvalue weighted by molar-refractivity contribution is -0.130. The number of carbonyl (C=O) groups excluding carboxylic acids is 1. The van der Waals surface area contributed by atoms with Crippen LogP contribution < -0.4 is 4.74 Å². The predicted molar refractivity (Wildman–Crippen MR) is 85.4 cm³/mol. The van der Waals surface area contributed by atoms with Crippen molar-refractivity contribution in [3.8, 4) is 11.5 Å². The largest absolute Gasteiger partial charge is 0.504 e. The van der Waals surface area contributed by atoms with Gasteiger partial charge in [0.1, 0.15) is 0 Å². The van der Waals surface area contributed by atoms with Gasteiger partial charge in [-0.05, 0) is 29.6 Å². The number of phenols is 1. The molecule has 0 fully saturated rings. The zero-order valence-corrected chi connectivity index (χ0v) is 13.1. The molecule has 22 heavy (non-hydrogen) atoms. The highest BCUT2D eigenvalue weighted by Crippen LogP contribution is 2.36. The third-order valence-corrected chi connectivity index (χ3v) is 4.59. The second-order valence-electron chi connectivity index (χ2n) is 5.03. The molecule has 1 atom stereocenters. The standard InChI is InChI=1S/C16H16N2O3S/c1-10(19)18-13(16-4-3-7-22-16)9-12(17-18)11-5-6-14(20)15(8-11)21-2/h3-8,13,20H,9H2,1-2H3. The minimum atomic E-state index is -0.0841. The van der Waals surface area contributed by atoms with Gasteiger partial charge in [0.25, 0.3) is 0 Å². The van der Waals surface area contributed by atoms with Crippen molar-refractivity contribution in [2.24, 2.45) is 5.10 Å². The summed E-state index contributed by atoms with van der Waals surface area (Å²) < 4.78 is 5.14. The molecule has 6 heteroatoms. The monoisotopic (exact) mass is 316 g/mol. The maximum absolute atomic E-state index is 11.9. The number of nitrogens with zero attached hydrogens (tertiary/aromatic N) is 2. The summed E-state index contributed by atoms with van der Waals surface area (Å²) in [5.41, 5.74) is 1.66. The average molecular weight is 316 g/mol. The molecule has 0 bridgehead atoms. The fourth-order valence-electron chi connectivity index (χ4n) is 2.53. The Hall–Kier alpha value is -2.34. The van der Waals surface area contributed by atoms with Crippen LogP contribution in [0.5, 0.6) is 11.5 Å². The molecule has 0 spiro atoms. The van der Waals surface area contributed by atoms with E-state index in [1.165, 1.54) is 19.0 Å². The van der Waals surface area contributed by atoms with Gasteiger partial charge in [-0.1, -0.05) is 6.07 Å². The topological polar surface area (TPSA) is 62.1 Å². The molecule has 0 radical (unpaired) electrons. The van der Waals surface area contributed by atoms with Crippen molar-refractivity contribution in [1.82, 2.24) is 5.01 Å². The summed E-state index contributed by atoms with van der Waals surface area (Å²) in [6.07, 6.45) is 0.647. The molecule has 1 aromatic carbocycles. The van der Waals surface area contributed by atoms with Gasteiger partial charge in [-0.2, -0.15) is 5.10 Å². The van der Waals surface area contributed by atoms with Crippen molar-refractivity contribution in [2.45, 2.75) is 19.4 Å². The van der Waals surface area contributed by atoms with Crippen molar-refractivity contribution in [1.29, 1.82) is 0 Å². The van der Waals surface area contributed by atoms with Crippen LogP contribution in [0.1, 0.15) is 29.8 Å². The predicted octanol–water partition coefficient (Wildman–Crippen LogP) is 3.16. The van der Waals surface area contributed by atoms with Crippen molar-refractivity contribution in [3.05, 3.63) is 46.2 Å². The maximum Gasteiger partial charge on any atom is 0.240 e. The first-order chi connectivity index (χ1) is 10.6. The van der Waals surface area contributed by atoms with Crippen molar-refractivity contribution < 1.29 is 14.6 Å². The van der Waals surface area contributed by atoms with Gasteiger partial charge in [0.2, 0.25) is 5.91 Å². The van der Waals surface area contributed by atoms with Gasteiger partial charge >= 0.3 is 0 Å². The molecule has 2 aromatic rings. The number of aromatic hydroxyl groups is 1. The van der Waals surface area contributed by atoms with Gasteiger partial charge in [0, 0.05) is 23.8 Å². The van der Waals surface area contributed by atoms with E-state index in [0.29, 0.717) is 12.2 Å². The van der Waals surface area contributed by atoms with Gasteiger partial charge < -0.3 is 9.84 Å². The number of rotatable bonds is 3. The van der Waals surface area contributed by atoms with E-state index >= 15 is 0 Å². The van der Waals surface area contributed by atoms with Crippen LogP contribution in [0.2, 0.25) is 0 Å². The molecule has 1 unspecified atom stereocenters. The average Bonchev–Trinajstić information content (AvgIpc) is 3.16. The van der Waals surface area contributed by atoms with E-state index in [1.54, 1.807) is 29.5 Å².